The van der Waals surface area contributed by atoms with E-state index in [2.05, 4.69) is 26.6 Å². The molecule has 2 fully saturated rings. The molecule has 10 atom stereocenters. The maximum Gasteiger partial charge on any atom is 0.328 e. The van der Waals surface area contributed by atoms with Gasteiger partial charge in [0.2, 0.25) is 17.7 Å². The van der Waals surface area contributed by atoms with E-state index in [1.54, 1.807) is 59.0 Å². The Morgan fingerprint density at radius 2 is 1.66 bits per heavy atom. The highest BCUT2D eigenvalue weighted by atomic mass is 35.5. The second-order valence-corrected chi connectivity index (χ2v) is 23.6. The molecule has 23 nitrogen and oxygen atoms in total. The number of likely N-dealkylation sites (N-methyl/N-ethyl adjacent to an activating group) is 1. The van der Waals surface area contributed by atoms with E-state index in [9.17, 15) is 48.3 Å². The number of hydrogen-bond acceptors (Lipinski definition) is 15. The molecule has 4 heterocycles. The monoisotopic (exact) mass is 1220 g/mol. The minimum absolute atomic E-state index is 0.0137. The summed E-state index contributed by atoms with van der Waals surface area (Å²) < 4.78 is 24.2. The molecule has 25 heteroatoms. The van der Waals surface area contributed by atoms with Gasteiger partial charge in [0.05, 0.1) is 40.9 Å². The van der Waals surface area contributed by atoms with E-state index in [-0.39, 0.29) is 72.9 Å². The van der Waals surface area contributed by atoms with Crippen LogP contribution in [0.5, 0.6) is 0 Å². The molecule has 0 radical (unpaired) electrons. The zero-order valence-corrected chi connectivity index (χ0v) is 51.4. The van der Waals surface area contributed by atoms with Crippen LogP contribution >= 0.6 is 23.8 Å². The van der Waals surface area contributed by atoms with Crippen molar-refractivity contribution in [1.82, 2.24) is 31.1 Å². The van der Waals surface area contributed by atoms with Crippen molar-refractivity contribution in [2.45, 2.75) is 154 Å². The Morgan fingerprint density at radius 1 is 0.976 bits per heavy atom. The molecule has 4 aliphatic rings. The Kier molecular flexibility index (Phi) is 23.0. The number of esters is 2. The first-order valence-corrected chi connectivity index (χ1v) is 29.2. The van der Waals surface area contributed by atoms with Crippen molar-refractivity contribution < 1.29 is 67.2 Å². The van der Waals surface area contributed by atoms with Crippen LogP contribution in [0.3, 0.4) is 0 Å². The number of urea groups is 1. The number of primary amides is 1. The molecule has 4 aliphatic heterocycles. The van der Waals surface area contributed by atoms with Gasteiger partial charge in [-0.15, -0.1) is 0 Å². The smallest absolute Gasteiger partial charge is 0.328 e. The average molecular weight is 1220 g/mol. The lowest BCUT2D eigenvalue weighted by atomic mass is 9.78. The van der Waals surface area contributed by atoms with E-state index in [0.717, 1.165) is 26.5 Å². The van der Waals surface area contributed by atoms with Crippen molar-refractivity contribution in [3.63, 3.8) is 0 Å². The topological polar surface area (TPSA) is 310 Å². The number of rotatable bonds is 20. The number of epoxide rings is 1. The minimum atomic E-state index is -1.66. The van der Waals surface area contributed by atoms with Gasteiger partial charge in [0, 0.05) is 65.3 Å². The fraction of sp³-hybridized carbons (Fsp3) is 0.533. The minimum Gasteiger partial charge on any atom is -0.462 e. The van der Waals surface area contributed by atoms with Crippen LogP contribution in [-0.2, 0) is 58.9 Å². The van der Waals surface area contributed by atoms with Crippen LogP contribution in [0.4, 0.5) is 16.2 Å². The molecule has 0 aliphatic carbocycles. The van der Waals surface area contributed by atoms with Crippen molar-refractivity contribution in [2.24, 2.45) is 17.6 Å². The maximum atomic E-state index is 14.6. The highest BCUT2D eigenvalue weighted by Crippen LogP contribution is 2.50. The number of aliphatic hydroxyl groups is 1. The zero-order valence-electron chi connectivity index (χ0n) is 49.8. The van der Waals surface area contributed by atoms with E-state index in [1.807, 2.05) is 32.1 Å². The molecule has 8 N–H and O–H groups in total. The number of carbonyl (C=O) groups excluding carboxylic acids is 9. The molecule has 2 saturated heterocycles. The largest absolute Gasteiger partial charge is 0.462 e. The lowest BCUT2D eigenvalue weighted by Crippen LogP contribution is -2.56. The third kappa shape index (κ3) is 17.0. The van der Waals surface area contributed by atoms with Crippen molar-refractivity contribution in [3.8, 4) is 0 Å². The van der Waals surface area contributed by atoms with E-state index in [0.29, 0.717) is 36.5 Å². The number of nitrogens with zero attached hydrogens (tertiary/aromatic N) is 3. The van der Waals surface area contributed by atoms with Crippen LogP contribution in [-0.4, -0.2) is 168 Å². The first-order valence-electron chi connectivity index (χ1n) is 28.4. The number of anilines is 2. The number of aryl methyl sites for hydroxylation is 1. The number of allylic oxidation sites excluding steroid dienone is 3. The molecule has 462 valence electrons. The number of para-hydroxylation sites is 1. The Balaban J connectivity index is 1.19. The quantitative estimate of drug-likeness (QED) is 0.0317. The lowest BCUT2D eigenvalue weighted by Gasteiger charge is -2.41. The molecule has 0 saturated carbocycles. The van der Waals surface area contributed by atoms with Crippen LogP contribution in [0.25, 0.3) is 0 Å². The Labute approximate surface area is 506 Å². The van der Waals surface area contributed by atoms with Crippen LogP contribution in [0.2, 0.25) is 5.02 Å². The Bertz CT molecular complexity index is 2970. The summed E-state index contributed by atoms with van der Waals surface area (Å²) in [6.07, 6.45) is 4.93. The number of nitrogens with two attached hydrogens (primary N) is 1. The molecule has 2 aromatic carbocycles. The second-order valence-electron chi connectivity index (χ2n) is 22.8. The number of halogens is 1. The van der Waals surface area contributed by atoms with Gasteiger partial charge in [-0.25, -0.2) is 9.59 Å². The molecule has 8 amide bonds. The first-order chi connectivity index (χ1) is 40.1. The number of amides is 8. The normalized spacial score (nSPS) is 25.3. The maximum absolute atomic E-state index is 14.6. The highest BCUT2D eigenvalue weighted by molar-refractivity contribution is 7.80. The summed E-state index contributed by atoms with van der Waals surface area (Å²) in [4.78, 5) is 124. The van der Waals surface area contributed by atoms with E-state index >= 15 is 0 Å². The van der Waals surface area contributed by atoms with Crippen LogP contribution in [0.1, 0.15) is 108 Å². The Morgan fingerprint density at radius 3 is 2.33 bits per heavy atom. The lowest BCUT2D eigenvalue weighted by molar-refractivity contribution is -0.187. The van der Waals surface area contributed by atoms with Gasteiger partial charge >= 0.3 is 18.0 Å². The number of imide groups is 1. The molecule has 0 aromatic heterocycles. The van der Waals surface area contributed by atoms with E-state index in [1.165, 1.54) is 50.3 Å². The van der Waals surface area contributed by atoms with Gasteiger partial charge in [-0.3, -0.25) is 38.5 Å². The number of ether oxygens (including phenoxy) is 4. The number of fused-ring (bicyclic) bond motifs is 5. The fourth-order valence-corrected chi connectivity index (χ4v) is 11.1. The summed E-state index contributed by atoms with van der Waals surface area (Å²) in [7, 11) is 4.39. The number of carbonyl (C=O) groups is 9. The third-order valence-electron chi connectivity index (χ3n) is 16.0. The zero-order chi connectivity index (χ0) is 62.7. The molecule has 0 unspecified atom stereocenters. The van der Waals surface area contributed by atoms with Gasteiger partial charge in [0.15, 0.2) is 5.11 Å². The van der Waals surface area contributed by atoms with E-state index in [4.69, 9.17) is 48.5 Å². The summed E-state index contributed by atoms with van der Waals surface area (Å²) in [6, 6.07) is 5.55. The summed E-state index contributed by atoms with van der Waals surface area (Å²) >= 11 is 12.4. The number of unbranched alkanes of at least 4 members (excludes halogenated alkanes) is 1. The van der Waals surface area contributed by atoms with Crippen LogP contribution < -0.4 is 37.2 Å². The number of hydrogen-bond donors (Lipinski definition) is 7. The molecular weight excluding hydrogens is 1140 g/mol. The van der Waals surface area contributed by atoms with Crippen molar-refractivity contribution >= 4 is 93.7 Å². The summed E-state index contributed by atoms with van der Waals surface area (Å²) in [5.41, 5.74) is 5.20. The second kappa shape index (κ2) is 29.2. The number of methoxy groups -OCH3 is 1. The van der Waals surface area contributed by atoms with Crippen LogP contribution in [0.15, 0.2) is 72.4 Å². The number of nitrogens with one attached hydrogen (secondary N) is 5. The van der Waals surface area contributed by atoms with Gasteiger partial charge in [-0.1, -0.05) is 74.4 Å². The van der Waals surface area contributed by atoms with Gasteiger partial charge in [-0.05, 0) is 107 Å². The number of thiocarbonyl (C=S) groups is 1. The van der Waals surface area contributed by atoms with Gasteiger partial charge in [-0.2, -0.15) is 0 Å². The molecule has 85 heavy (non-hydrogen) atoms. The van der Waals surface area contributed by atoms with Gasteiger partial charge in [0.25, 0.3) is 17.7 Å². The Hall–Kier alpha value is -7.25. The molecule has 4 bridgehead atoms. The standard InChI is InChI=1S/C60H80ClN9O14S/c1-33(2)51(67-58(85)64-24-13-14-26-70-46(71)22-23-47(70)72)54(76)66-41(20-16-25-63-57(62)79)53(75)65-40-19-12-11-18-39(40)55(77)68(8)37(6)56(78)83-45-30-48(73)69(9)42-29-38(28-35(4)50(42)61)27-34(3)17-15-21-44(81-10)60(80)31-43(82-49(74)32-60)36(5)52-59(45,7)84-52/h11-12,15,17-19,21-23,28-29,33,36-37,41,43-45,51-52,80H,13-14,16,20,24-27,30-32H2,1-10H3,(H,65,75)(H,66,76)(H3,62,63,79)(H2,64,67,85)/b21-15+,34-17+/t36-,37+,41+,43+,44-,45+,51+,52+,59+,60-/m1/s1. The van der Waals surface area contributed by atoms with E-state index < -0.39 is 108 Å². The third-order valence-corrected chi connectivity index (χ3v) is 16.7. The van der Waals surface area contributed by atoms with Crippen LogP contribution in [0, 0.1) is 18.8 Å². The molecule has 0 spiro atoms. The predicted molar refractivity (Wildman–Crippen MR) is 321 cm³/mol. The predicted octanol–water partition coefficient (Wildman–Crippen LogP) is 4.44. The van der Waals surface area contributed by atoms with Crippen molar-refractivity contribution in [2.75, 3.05) is 51.1 Å². The first kappa shape index (κ1) is 66.9. The summed E-state index contributed by atoms with van der Waals surface area (Å²) in [5, 5.41) is 26.6. The summed E-state index contributed by atoms with van der Waals surface area (Å²) in [6.45, 7) is 12.9. The van der Waals surface area contributed by atoms with Gasteiger partial charge < -0.3 is 66.2 Å². The molecule has 6 rings (SSSR count). The summed E-state index contributed by atoms with van der Waals surface area (Å²) in [5.74, 6) is -5.74. The van der Waals surface area contributed by atoms with Gasteiger partial charge in [0.1, 0.15) is 47.6 Å². The SMILES string of the molecule is CO[C@@H]1/C=C/C=C(\C)Cc2cc(C)c(Cl)c(c2)N(C)C(=O)C[C@H](OC(=O)[C@H](C)N(C)C(=O)c2ccccc2NC(=O)[C@H](CCCNC(N)=O)NC(=O)[C@@H](NC(=S)NCCCCN2C(=O)C=CC2=O)C(C)C)[C@]2(C)O[C@H]2[C@H](C)[C@@H]2C[C@@]1(O)CC(=O)O2. The molecular formula is C60H80ClN9O14S. The molecule has 2 aromatic rings. The highest BCUT2D eigenvalue weighted by Gasteiger charge is 2.64. The average Bonchev–Trinajstić information content (AvgIpc) is 1.65. The fourth-order valence-electron chi connectivity index (χ4n) is 10.7. The number of benzene rings is 2. The van der Waals surface area contributed by atoms with Crippen molar-refractivity contribution in [1.29, 1.82) is 0 Å². The van der Waals surface area contributed by atoms with Crippen molar-refractivity contribution in [3.05, 3.63) is 94.1 Å².